The summed E-state index contributed by atoms with van der Waals surface area (Å²) in [5.74, 6) is 1.33. The van der Waals surface area contributed by atoms with Crippen molar-refractivity contribution in [2.75, 3.05) is 20.0 Å². The summed E-state index contributed by atoms with van der Waals surface area (Å²) < 4.78 is 10.7. The Morgan fingerprint density at radius 3 is 2.38 bits per heavy atom. The Balaban J connectivity index is 3.88. The molecule has 0 aliphatic rings. The lowest BCUT2D eigenvalue weighted by molar-refractivity contribution is 0.244. The third kappa shape index (κ3) is 5.31. The molecular weight excluding hydrogens is 202 g/mol. The molecule has 0 bridgehead atoms. The first-order chi connectivity index (χ1) is 6.08. The molecule has 0 aromatic rings. The molecule has 1 atom stereocenters. The Morgan fingerprint density at radius 1 is 1.46 bits per heavy atom. The zero-order valence-electron chi connectivity index (χ0n) is 8.66. The van der Waals surface area contributed by atoms with Gasteiger partial charge in [-0.25, -0.2) is 0 Å². The molecule has 13 heavy (non-hydrogen) atoms. The predicted octanol–water partition coefficient (Wildman–Crippen LogP) is 2.20. The van der Waals surface area contributed by atoms with Gasteiger partial charge in [0.15, 0.2) is 0 Å². The molecule has 0 amide bonds. The highest BCUT2D eigenvalue weighted by Gasteiger charge is 2.30. The van der Waals surface area contributed by atoms with E-state index in [1.54, 1.807) is 14.2 Å². The molecule has 0 spiro atoms. The molecule has 76 valence electrons. The molecule has 0 saturated heterocycles. The summed E-state index contributed by atoms with van der Waals surface area (Å²) in [4.78, 5) is 0. The van der Waals surface area contributed by atoms with E-state index >= 15 is 0 Å². The molecule has 0 radical (unpaired) electrons. The minimum Gasteiger partial charge on any atom is -0.398 e. The van der Waals surface area contributed by atoms with Crippen LogP contribution in [0.3, 0.4) is 0 Å². The van der Waals surface area contributed by atoms with Crippen LogP contribution in [0.2, 0.25) is 12.6 Å². The fraction of sp³-hybridized carbons (Fsp3) is 0.875. The van der Waals surface area contributed by atoms with Crippen LogP contribution in [-0.2, 0) is 8.85 Å². The zero-order valence-corrected chi connectivity index (χ0v) is 10.5. The number of thioether (sulfide) groups is 1. The van der Waals surface area contributed by atoms with E-state index in [9.17, 15) is 0 Å². The topological polar surface area (TPSA) is 42.2 Å². The summed E-state index contributed by atoms with van der Waals surface area (Å²) in [5, 5.41) is 10.5. The Kier molecular flexibility index (Phi) is 6.42. The minimum absolute atomic E-state index is 0.473. The number of hydrogen-bond donors (Lipinski definition) is 0. The molecule has 0 rings (SSSR count). The lowest BCUT2D eigenvalue weighted by Crippen LogP contribution is -2.38. The van der Waals surface area contributed by atoms with Crippen molar-refractivity contribution in [1.29, 1.82) is 5.26 Å². The van der Waals surface area contributed by atoms with Crippen LogP contribution < -0.4 is 0 Å². The molecule has 3 nitrogen and oxygen atoms in total. The first-order valence-corrected chi connectivity index (χ1v) is 7.70. The van der Waals surface area contributed by atoms with Crippen LogP contribution in [0.25, 0.3) is 0 Å². The summed E-state index contributed by atoms with van der Waals surface area (Å²) in [6, 6.07) is 0.939. The molecule has 0 heterocycles. The van der Waals surface area contributed by atoms with Crippen molar-refractivity contribution in [3.63, 3.8) is 0 Å². The van der Waals surface area contributed by atoms with Gasteiger partial charge in [0.25, 0.3) is 0 Å². The predicted molar refractivity (Wildman–Crippen MR) is 57.7 cm³/mol. The lowest BCUT2D eigenvalue weighted by atomic mass is 10.3. The molecule has 0 aromatic carbocycles. The average molecular weight is 219 g/mol. The average Bonchev–Trinajstić information content (AvgIpc) is 2.14. The van der Waals surface area contributed by atoms with Gasteiger partial charge in [0.1, 0.15) is 5.40 Å². The van der Waals surface area contributed by atoms with Gasteiger partial charge in [-0.2, -0.15) is 5.26 Å². The fourth-order valence-corrected chi connectivity index (χ4v) is 3.72. The van der Waals surface area contributed by atoms with Crippen molar-refractivity contribution in [2.45, 2.75) is 19.5 Å². The van der Waals surface area contributed by atoms with E-state index < -0.39 is 8.56 Å². The standard InChI is InChI=1S/C8H17NO2SSi/c1-8(5-12-7-9)6-13(4,10-2)11-3/h8H,5-6H2,1-4H3. The van der Waals surface area contributed by atoms with Crippen molar-refractivity contribution in [1.82, 2.24) is 0 Å². The zero-order chi connectivity index (χ0) is 10.3. The summed E-state index contributed by atoms with van der Waals surface area (Å²) in [6.07, 6.45) is 0. The molecular formula is C8H17NO2SSi. The van der Waals surface area contributed by atoms with E-state index in [0.717, 1.165) is 11.8 Å². The van der Waals surface area contributed by atoms with Gasteiger partial charge in [-0.05, 0) is 30.3 Å². The van der Waals surface area contributed by atoms with E-state index in [0.29, 0.717) is 5.92 Å². The molecule has 0 N–H and O–H groups in total. The van der Waals surface area contributed by atoms with Crippen LogP contribution in [0.5, 0.6) is 0 Å². The molecule has 0 aliphatic carbocycles. The van der Waals surface area contributed by atoms with Gasteiger partial charge in [0, 0.05) is 20.0 Å². The second kappa shape index (κ2) is 6.43. The largest absolute Gasteiger partial charge is 0.398 e. The Bertz CT molecular complexity index is 179. The molecule has 0 fully saturated rings. The summed E-state index contributed by atoms with van der Waals surface area (Å²) >= 11 is 1.29. The molecule has 1 unspecified atom stereocenters. The van der Waals surface area contributed by atoms with E-state index in [2.05, 4.69) is 12.3 Å². The lowest BCUT2D eigenvalue weighted by Gasteiger charge is -2.25. The van der Waals surface area contributed by atoms with Crippen molar-refractivity contribution < 1.29 is 8.85 Å². The first kappa shape index (κ1) is 13.0. The SMILES string of the molecule is CO[Si](C)(CC(C)CSC#N)OC. The van der Waals surface area contributed by atoms with Gasteiger partial charge < -0.3 is 8.85 Å². The second-order valence-corrected chi connectivity index (χ2v) is 7.55. The summed E-state index contributed by atoms with van der Waals surface area (Å²) in [7, 11) is 1.46. The highest BCUT2D eigenvalue weighted by Crippen LogP contribution is 2.20. The van der Waals surface area contributed by atoms with Gasteiger partial charge in [-0.3, -0.25) is 0 Å². The maximum atomic E-state index is 8.39. The maximum absolute atomic E-state index is 8.39. The second-order valence-electron chi connectivity index (χ2n) is 3.25. The van der Waals surface area contributed by atoms with Crippen molar-refractivity contribution in [3.05, 3.63) is 0 Å². The number of rotatable bonds is 6. The van der Waals surface area contributed by atoms with Crippen molar-refractivity contribution >= 4 is 20.3 Å². The summed E-state index contributed by atoms with van der Waals surface area (Å²) in [5.41, 5.74) is 0. The van der Waals surface area contributed by atoms with Crippen LogP contribution in [-0.4, -0.2) is 28.5 Å². The molecule has 5 heteroatoms. The Labute approximate surface area is 85.7 Å². The number of thiocyanates is 1. The van der Waals surface area contributed by atoms with Crippen LogP contribution >= 0.6 is 11.8 Å². The third-order valence-electron chi connectivity index (χ3n) is 2.02. The van der Waals surface area contributed by atoms with Gasteiger partial charge in [-0.1, -0.05) is 6.92 Å². The molecule has 0 aromatic heterocycles. The highest BCUT2D eigenvalue weighted by atomic mass is 32.2. The normalized spacial score (nSPS) is 13.8. The Hall–Kier alpha value is -0.0231. The molecule has 0 saturated carbocycles. The minimum atomic E-state index is -1.93. The van der Waals surface area contributed by atoms with Gasteiger partial charge in [-0.15, -0.1) is 0 Å². The number of hydrogen-bond acceptors (Lipinski definition) is 4. The third-order valence-corrected chi connectivity index (χ3v) is 6.05. The quantitative estimate of drug-likeness (QED) is 0.507. The van der Waals surface area contributed by atoms with Gasteiger partial charge in [0.05, 0.1) is 0 Å². The van der Waals surface area contributed by atoms with Crippen LogP contribution in [0.1, 0.15) is 6.92 Å². The molecule has 0 aliphatic heterocycles. The van der Waals surface area contributed by atoms with E-state index in [1.165, 1.54) is 11.8 Å². The summed E-state index contributed by atoms with van der Waals surface area (Å²) in [6.45, 7) is 4.16. The van der Waals surface area contributed by atoms with E-state index in [1.807, 2.05) is 6.55 Å². The van der Waals surface area contributed by atoms with Gasteiger partial charge >= 0.3 is 8.56 Å². The number of nitrogens with zero attached hydrogens (tertiary/aromatic N) is 1. The highest BCUT2D eigenvalue weighted by molar-refractivity contribution is 8.03. The van der Waals surface area contributed by atoms with Crippen molar-refractivity contribution in [2.24, 2.45) is 5.92 Å². The monoisotopic (exact) mass is 219 g/mol. The first-order valence-electron chi connectivity index (χ1n) is 4.19. The van der Waals surface area contributed by atoms with Crippen LogP contribution in [0, 0.1) is 16.6 Å². The van der Waals surface area contributed by atoms with Gasteiger partial charge in [0.2, 0.25) is 0 Å². The van der Waals surface area contributed by atoms with Crippen molar-refractivity contribution in [3.8, 4) is 5.40 Å². The van der Waals surface area contributed by atoms with E-state index in [4.69, 9.17) is 14.1 Å². The number of nitriles is 1. The smallest absolute Gasteiger partial charge is 0.334 e. The van der Waals surface area contributed by atoms with Crippen LogP contribution in [0.15, 0.2) is 0 Å². The van der Waals surface area contributed by atoms with E-state index in [-0.39, 0.29) is 0 Å². The Morgan fingerprint density at radius 2 is 2.00 bits per heavy atom. The fourth-order valence-electron chi connectivity index (χ4n) is 1.12. The maximum Gasteiger partial charge on any atom is 0.334 e. The van der Waals surface area contributed by atoms with Crippen LogP contribution in [0.4, 0.5) is 0 Å².